The van der Waals surface area contributed by atoms with Gasteiger partial charge in [-0.3, -0.25) is 4.98 Å². The molecule has 0 spiro atoms. The number of aromatic nitrogens is 1. The third-order valence-electron chi connectivity index (χ3n) is 1.37. The lowest BCUT2D eigenvalue weighted by atomic mass is 10.2. The van der Waals surface area contributed by atoms with Crippen LogP contribution in [-0.2, 0) is 5.88 Å². The standard InChI is InChI=1S/C7H5BrClF2N/c8-5-1-2-12-6(7(10)11)4(5)3-9/h1-2,7H,3H2. The maximum Gasteiger partial charge on any atom is 0.280 e. The zero-order valence-corrected chi connectivity index (χ0v) is 8.24. The Balaban J connectivity index is 3.18. The summed E-state index contributed by atoms with van der Waals surface area (Å²) in [5.74, 6) is 0.0358. The minimum absolute atomic E-state index is 0.0358. The zero-order valence-electron chi connectivity index (χ0n) is 5.90. The lowest BCUT2D eigenvalue weighted by Gasteiger charge is -2.05. The van der Waals surface area contributed by atoms with Gasteiger partial charge < -0.3 is 0 Å². The van der Waals surface area contributed by atoms with Crippen LogP contribution in [0.2, 0.25) is 0 Å². The molecule has 1 aromatic rings. The van der Waals surface area contributed by atoms with Gasteiger partial charge in [0.2, 0.25) is 0 Å². The van der Waals surface area contributed by atoms with Gasteiger partial charge in [-0.05, 0) is 6.07 Å². The molecular formula is C7H5BrClF2N. The molecule has 1 aromatic heterocycles. The average Bonchev–Trinajstić information content (AvgIpc) is 2.03. The number of halogens is 4. The molecular weight excluding hydrogens is 251 g/mol. The normalized spacial score (nSPS) is 10.8. The lowest BCUT2D eigenvalue weighted by molar-refractivity contribution is 0.145. The minimum atomic E-state index is -2.57. The van der Waals surface area contributed by atoms with Crippen LogP contribution in [0.3, 0.4) is 0 Å². The fourth-order valence-corrected chi connectivity index (χ4v) is 1.71. The van der Waals surface area contributed by atoms with Crippen LogP contribution in [0, 0.1) is 0 Å². The van der Waals surface area contributed by atoms with E-state index in [1.165, 1.54) is 6.20 Å². The second-order valence-corrected chi connectivity index (χ2v) is 3.21. The van der Waals surface area contributed by atoms with E-state index in [0.29, 0.717) is 10.0 Å². The van der Waals surface area contributed by atoms with E-state index in [2.05, 4.69) is 20.9 Å². The molecule has 0 unspecified atom stereocenters. The number of pyridine rings is 1. The first kappa shape index (κ1) is 9.86. The monoisotopic (exact) mass is 255 g/mol. The number of rotatable bonds is 2. The predicted molar refractivity (Wildman–Crippen MR) is 46.5 cm³/mol. The molecule has 66 valence electrons. The number of nitrogens with zero attached hydrogens (tertiary/aromatic N) is 1. The third kappa shape index (κ3) is 1.93. The Morgan fingerprint density at radius 3 is 2.67 bits per heavy atom. The Labute approximate surface area is 81.9 Å². The third-order valence-corrected chi connectivity index (χ3v) is 2.38. The molecule has 0 aromatic carbocycles. The summed E-state index contributed by atoms with van der Waals surface area (Å²) in [7, 11) is 0. The molecule has 0 radical (unpaired) electrons. The van der Waals surface area contributed by atoms with Crippen molar-refractivity contribution in [1.82, 2.24) is 4.98 Å². The fraction of sp³-hybridized carbons (Fsp3) is 0.286. The molecule has 1 nitrogen and oxygen atoms in total. The van der Waals surface area contributed by atoms with E-state index in [9.17, 15) is 8.78 Å². The molecule has 0 aliphatic carbocycles. The van der Waals surface area contributed by atoms with Crippen molar-refractivity contribution in [2.75, 3.05) is 0 Å². The number of hydrogen-bond donors (Lipinski definition) is 0. The van der Waals surface area contributed by atoms with Crippen LogP contribution in [0.5, 0.6) is 0 Å². The Kier molecular flexibility index (Phi) is 3.40. The largest absolute Gasteiger partial charge is 0.280 e. The van der Waals surface area contributed by atoms with Crippen molar-refractivity contribution < 1.29 is 8.78 Å². The van der Waals surface area contributed by atoms with Crippen molar-refractivity contribution in [3.8, 4) is 0 Å². The van der Waals surface area contributed by atoms with Gasteiger partial charge in [0, 0.05) is 16.2 Å². The maximum absolute atomic E-state index is 12.3. The van der Waals surface area contributed by atoms with Crippen LogP contribution in [0.15, 0.2) is 16.7 Å². The molecule has 0 saturated carbocycles. The first-order chi connectivity index (χ1) is 5.66. The van der Waals surface area contributed by atoms with Gasteiger partial charge >= 0.3 is 0 Å². The SMILES string of the molecule is FC(F)c1nccc(Br)c1CCl. The van der Waals surface area contributed by atoms with E-state index in [4.69, 9.17) is 11.6 Å². The summed E-state index contributed by atoms with van der Waals surface area (Å²) in [6, 6.07) is 1.59. The van der Waals surface area contributed by atoms with Crippen LogP contribution >= 0.6 is 27.5 Å². The summed E-state index contributed by atoms with van der Waals surface area (Å²) < 4.78 is 25.1. The zero-order chi connectivity index (χ0) is 9.14. The van der Waals surface area contributed by atoms with Crippen molar-refractivity contribution in [3.05, 3.63) is 28.0 Å². The van der Waals surface area contributed by atoms with Crippen molar-refractivity contribution in [1.29, 1.82) is 0 Å². The van der Waals surface area contributed by atoms with E-state index >= 15 is 0 Å². The van der Waals surface area contributed by atoms with E-state index in [-0.39, 0.29) is 11.6 Å². The van der Waals surface area contributed by atoms with Gasteiger partial charge in [0.1, 0.15) is 5.69 Å². The van der Waals surface area contributed by atoms with Gasteiger partial charge in [-0.25, -0.2) is 8.78 Å². The van der Waals surface area contributed by atoms with Gasteiger partial charge in [0.15, 0.2) is 0 Å². The summed E-state index contributed by atoms with van der Waals surface area (Å²) in [4.78, 5) is 3.55. The van der Waals surface area contributed by atoms with Crippen LogP contribution in [0.1, 0.15) is 17.7 Å². The molecule has 0 bridgehead atoms. The van der Waals surface area contributed by atoms with Crippen LogP contribution in [-0.4, -0.2) is 4.98 Å². The topological polar surface area (TPSA) is 12.9 Å². The van der Waals surface area contributed by atoms with Crippen molar-refractivity contribution in [2.45, 2.75) is 12.3 Å². The summed E-state index contributed by atoms with van der Waals surface area (Å²) >= 11 is 8.60. The fourth-order valence-electron chi connectivity index (χ4n) is 0.804. The highest BCUT2D eigenvalue weighted by atomic mass is 79.9. The minimum Gasteiger partial charge on any atom is -0.255 e. The maximum atomic E-state index is 12.3. The first-order valence-electron chi connectivity index (χ1n) is 3.14. The van der Waals surface area contributed by atoms with Crippen molar-refractivity contribution in [2.24, 2.45) is 0 Å². The Bertz CT molecular complexity index is 280. The highest BCUT2D eigenvalue weighted by molar-refractivity contribution is 9.10. The van der Waals surface area contributed by atoms with Crippen LogP contribution in [0.4, 0.5) is 8.78 Å². The quantitative estimate of drug-likeness (QED) is 0.738. The summed E-state index contributed by atoms with van der Waals surface area (Å²) in [5, 5.41) is 0. The predicted octanol–water partition coefficient (Wildman–Crippen LogP) is 3.52. The molecule has 0 saturated heterocycles. The molecule has 0 N–H and O–H groups in total. The summed E-state index contributed by atoms with van der Waals surface area (Å²) in [6.07, 6.45) is -1.25. The number of alkyl halides is 3. The molecule has 1 heterocycles. The van der Waals surface area contributed by atoms with Gasteiger partial charge in [-0.1, -0.05) is 15.9 Å². The van der Waals surface area contributed by atoms with Crippen molar-refractivity contribution in [3.63, 3.8) is 0 Å². The van der Waals surface area contributed by atoms with E-state index in [1.807, 2.05) is 0 Å². The van der Waals surface area contributed by atoms with Crippen LogP contribution in [0.25, 0.3) is 0 Å². The van der Waals surface area contributed by atoms with Gasteiger partial charge in [-0.15, -0.1) is 11.6 Å². The molecule has 5 heteroatoms. The lowest BCUT2D eigenvalue weighted by Crippen LogP contribution is -1.96. The first-order valence-corrected chi connectivity index (χ1v) is 4.47. The Morgan fingerprint density at radius 1 is 1.58 bits per heavy atom. The molecule has 0 fully saturated rings. The highest BCUT2D eigenvalue weighted by Crippen LogP contribution is 2.27. The van der Waals surface area contributed by atoms with E-state index < -0.39 is 6.43 Å². The van der Waals surface area contributed by atoms with Gasteiger partial charge in [0.05, 0.1) is 5.88 Å². The van der Waals surface area contributed by atoms with Gasteiger partial charge in [-0.2, -0.15) is 0 Å². The van der Waals surface area contributed by atoms with E-state index in [1.54, 1.807) is 6.07 Å². The summed E-state index contributed by atoms with van der Waals surface area (Å²) in [6.45, 7) is 0. The molecule has 12 heavy (non-hydrogen) atoms. The molecule has 1 rings (SSSR count). The van der Waals surface area contributed by atoms with Gasteiger partial charge in [0.25, 0.3) is 6.43 Å². The van der Waals surface area contributed by atoms with Crippen molar-refractivity contribution >= 4 is 27.5 Å². The highest BCUT2D eigenvalue weighted by Gasteiger charge is 2.15. The molecule has 0 amide bonds. The number of hydrogen-bond acceptors (Lipinski definition) is 1. The molecule has 0 aliphatic rings. The second kappa shape index (κ2) is 4.14. The van der Waals surface area contributed by atoms with E-state index in [0.717, 1.165) is 0 Å². The molecule has 0 atom stereocenters. The van der Waals surface area contributed by atoms with Crippen LogP contribution < -0.4 is 0 Å². The molecule has 0 aliphatic heterocycles. The Hall–Kier alpha value is -0.220. The smallest absolute Gasteiger partial charge is 0.255 e. The Morgan fingerprint density at radius 2 is 2.25 bits per heavy atom. The average molecular weight is 256 g/mol. The summed E-state index contributed by atoms with van der Waals surface area (Å²) in [5.41, 5.74) is 0.105. The second-order valence-electron chi connectivity index (χ2n) is 2.09.